The smallest absolute Gasteiger partial charge is 0.0205 e. The Morgan fingerprint density at radius 2 is 2.08 bits per heavy atom. The lowest BCUT2D eigenvalue weighted by molar-refractivity contribution is 0.131. The summed E-state index contributed by atoms with van der Waals surface area (Å²) < 4.78 is 0. The molecule has 0 aromatic carbocycles. The van der Waals surface area contributed by atoms with Crippen LogP contribution in [0.1, 0.15) is 46.0 Å². The summed E-state index contributed by atoms with van der Waals surface area (Å²) in [6.07, 6.45) is 12.0. The first-order chi connectivity index (χ1) is 5.67. The molecule has 0 amide bonds. The third-order valence-corrected chi connectivity index (χ3v) is 3.66. The molecule has 0 bridgehead atoms. The quantitative estimate of drug-likeness (QED) is 0.478. The fourth-order valence-electron chi connectivity index (χ4n) is 2.91. The van der Waals surface area contributed by atoms with Crippen molar-refractivity contribution >= 4 is 0 Å². The monoisotopic (exact) mass is 164 g/mol. The summed E-state index contributed by atoms with van der Waals surface area (Å²) in [5.41, 5.74) is 0.631. The number of fused-ring (bicyclic) bond motifs is 1. The average molecular weight is 164 g/mol. The summed E-state index contributed by atoms with van der Waals surface area (Å²) >= 11 is 0. The highest BCUT2D eigenvalue weighted by atomic mass is 14.4. The molecule has 68 valence electrons. The van der Waals surface area contributed by atoms with E-state index in [2.05, 4.69) is 26.0 Å². The second-order valence-electron chi connectivity index (χ2n) is 5.34. The Kier molecular flexibility index (Phi) is 2.02. The predicted molar refractivity (Wildman–Crippen MR) is 53.0 cm³/mol. The summed E-state index contributed by atoms with van der Waals surface area (Å²) in [6, 6.07) is 0. The van der Waals surface area contributed by atoms with Crippen LogP contribution in [0.3, 0.4) is 0 Å². The van der Waals surface area contributed by atoms with Gasteiger partial charge in [-0.25, -0.2) is 0 Å². The van der Waals surface area contributed by atoms with E-state index in [4.69, 9.17) is 0 Å². The summed E-state index contributed by atoms with van der Waals surface area (Å²) in [5, 5.41) is 0. The lowest BCUT2D eigenvalue weighted by Gasteiger charge is -2.41. The van der Waals surface area contributed by atoms with Gasteiger partial charge in [0.15, 0.2) is 0 Å². The van der Waals surface area contributed by atoms with Crippen molar-refractivity contribution in [3.05, 3.63) is 12.2 Å². The van der Waals surface area contributed by atoms with Crippen LogP contribution in [0.4, 0.5) is 0 Å². The van der Waals surface area contributed by atoms with E-state index in [-0.39, 0.29) is 0 Å². The lowest BCUT2D eigenvalue weighted by atomic mass is 9.64. The fourth-order valence-corrected chi connectivity index (χ4v) is 2.91. The molecule has 0 saturated heterocycles. The van der Waals surface area contributed by atoms with Crippen molar-refractivity contribution in [3.8, 4) is 0 Å². The van der Waals surface area contributed by atoms with Crippen molar-refractivity contribution in [1.82, 2.24) is 0 Å². The van der Waals surface area contributed by atoms with Crippen LogP contribution in [0.5, 0.6) is 0 Å². The minimum absolute atomic E-state index is 0.631. The molecular formula is C12H20. The Morgan fingerprint density at radius 1 is 1.25 bits per heavy atom. The van der Waals surface area contributed by atoms with Crippen LogP contribution in [-0.4, -0.2) is 0 Å². The molecule has 2 rings (SSSR count). The molecule has 0 heteroatoms. The van der Waals surface area contributed by atoms with Gasteiger partial charge < -0.3 is 0 Å². The molecule has 2 atom stereocenters. The van der Waals surface area contributed by atoms with Crippen LogP contribution >= 0.6 is 0 Å². The van der Waals surface area contributed by atoms with Crippen LogP contribution in [-0.2, 0) is 0 Å². The molecule has 12 heavy (non-hydrogen) atoms. The molecule has 2 unspecified atom stereocenters. The maximum Gasteiger partial charge on any atom is -0.0205 e. The Morgan fingerprint density at radius 3 is 2.92 bits per heavy atom. The Balaban J connectivity index is 2.06. The van der Waals surface area contributed by atoms with Crippen molar-refractivity contribution in [2.45, 2.75) is 46.0 Å². The van der Waals surface area contributed by atoms with Gasteiger partial charge in [0.25, 0.3) is 0 Å². The van der Waals surface area contributed by atoms with Gasteiger partial charge in [-0.05, 0) is 49.4 Å². The van der Waals surface area contributed by atoms with Gasteiger partial charge in [-0.2, -0.15) is 0 Å². The molecule has 2 aliphatic rings. The third-order valence-electron chi connectivity index (χ3n) is 3.66. The second kappa shape index (κ2) is 2.90. The van der Waals surface area contributed by atoms with E-state index in [9.17, 15) is 0 Å². The fraction of sp³-hybridized carbons (Fsp3) is 0.833. The van der Waals surface area contributed by atoms with E-state index >= 15 is 0 Å². The number of hydrogen-bond donors (Lipinski definition) is 0. The molecule has 0 aromatic heterocycles. The Hall–Kier alpha value is -0.260. The number of allylic oxidation sites excluding steroid dienone is 2. The largest absolute Gasteiger partial charge is 0.0882 e. The highest BCUT2D eigenvalue weighted by Gasteiger charge is 2.33. The van der Waals surface area contributed by atoms with Crippen molar-refractivity contribution in [2.75, 3.05) is 0 Å². The Bertz CT molecular complexity index is 188. The summed E-state index contributed by atoms with van der Waals surface area (Å²) in [4.78, 5) is 0. The zero-order valence-corrected chi connectivity index (χ0v) is 8.34. The first-order valence-electron chi connectivity index (χ1n) is 5.34. The van der Waals surface area contributed by atoms with E-state index in [1.807, 2.05) is 0 Å². The first kappa shape index (κ1) is 8.34. The van der Waals surface area contributed by atoms with E-state index in [1.54, 1.807) is 0 Å². The standard InChI is InChI=1S/C12H20/c1-12(2)8-7-10-5-3-4-6-11(10)9-12/h3,5,10-11H,4,6-9H2,1-2H3. The van der Waals surface area contributed by atoms with Crippen LogP contribution in [0.15, 0.2) is 12.2 Å². The van der Waals surface area contributed by atoms with Gasteiger partial charge in [0.05, 0.1) is 0 Å². The number of rotatable bonds is 0. The van der Waals surface area contributed by atoms with Gasteiger partial charge in [-0.15, -0.1) is 0 Å². The molecule has 0 spiro atoms. The molecular weight excluding hydrogens is 144 g/mol. The minimum atomic E-state index is 0.631. The highest BCUT2D eigenvalue weighted by molar-refractivity contribution is 5.00. The summed E-state index contributed by atoms with van der Waals surface area (Å²) in [5.74, 6) is 1.95. The van der Waals surface area contributed by atoms with Crippen LogP contribution < -0.4 is 0 Å². The highest BCUT2D eigenvalue weighted by Crippen LogP contribution is 2.45. The van der Waals surface area contributed by atoms with Crippen LogP contribution in [0.25, 0.3) is 0 Å². The third kappa shape index (κ3) is 1.57. The topological polar surface area (TPSA) is 0 Å². The molecule has 1 saturated carbocycles. The minimum Gasteiger partial charge on any atom is -0.0882 e. The van der Waals surface area contributed by atoms with Crippen molar-refractivity contribution < 1.29 is 0 Å². The van der Waals surface area contributed by atoms with Crippen LogP contribution in [0.2, 0.25) is 0 Å². The van der Waals surface area contributed by atoms with E-state index in [0.717, 1.165) is 11.8 Å². The average Bonchev–Trinajstić information content (AvgIpc) is 2.02. The zero-order chi connectivity index (χ0) is 8.60. The molecule has 1 fully saturated rings. The molecule has 0 aliphatic heterocycles. The van der Waals surface area contributed by atoms with E-state index in [1.165, 1.54) is 32.1 Å². The van der Waals surface area contributed by atoms with Crippen molar-refractivity contribution in [1.29, 1.82) is 0 Å². The van der Waals surface area contributed by atoms with Gasteiger partial charge in [0, 0.05) is 0 Å². The Labute approximate surface area is 76.1 Å². The maximum absolute atomic E-state index is 2.48. The van der Waals surface area contributed by atoms with E-state index < -0.39 is 0 Å². The second-order valence-corrected chi connectivity index (χ2v) is 5.34. The molecule has 0 heterocycles. The maximum atomic E-state index is 2.48. The normalized spacial score (nSPS) is 39.2. The summed E-state index contributed by atoms with van der Waals surface area (Å²) in [7, 11) is 0. The van der Waals surface area contributed by atoms with Crippen LogP contribution in [0, 0.1) is 17.3 Å². The van der Waals surface area contributed by atoms with E-state index in [0.29, 0.717) is 5.41 Å². The van der Waals surface area contributed by atoms with Gasteiger partial charge in [0.1, 0.15) is 0 Å². The SMILES string of the molecule is CC1(C)CCC2C=CCCC2C1. The molecule has 0 radical (unpaired) electrons. The zero-order valence-electron chi connectivity index (χ0n) is 8.34. The molecule has 2 aliphatic carbocycles. The molecule has 0 aromatic rings. The lowest BCUT2D eigenvalue weighted by Crippen LogP contribution is -2.30. The number of hydrogen-bond acceptors (Lipinski definition) is 0. The predicted octanol–water partition coefficient (Wildman–Crippen LogP) is 3.78. The van der Waals surface area contributed by atoms with Gasteiger partial charge in [-0.1, -0.05) is 26.0 Å². The van der Waals surface area contributed by atoms with Gasteiger partial charge in [-0.3, -0.25) is 0 Å². The summed E-state index contributed by atoms with van der Waals surface area (Å²) in [6.45, 7) is 4.86. The van der Waals surface area contributed by atoms with Crippen molar-refractivity contribution in [3.63, 3.8) is 0 Å². The van der Waals surface area contributed by atoms with Gasteiger partial charge >= 0.3 is 0 Å². The molecule has 0 nitrogen and oxygen atoms in total. The van der Waals surface area contributed by atoms with Crippen molar-refractivity contribution in [2.24, 2.45) is 17.3 Å². The van der Waals surface area contributed by atoms with Gasteiger partial charge in [0.2, 0.25) is 0 Å². The first-order valence-corrected chi connectivity index (χ1v) is 5.34. The molecule has 0 N–H and O–H groups in total.